The zero-order valence-corrected chi connectivity index (χ0v) is 11.4. The Morgan fingerprint density at radius 2 is 1.60 bits per heavy atom. The largest absolute Gasteiger partial charge is 0.497 e. The van der Waals surface area contributed by atoms with Crippen molar-refractivity contribution in [2.45, 2.75) is 5.92 Å². The van der Waals surface area contributed by atoms with Gasteiger partial charge in [0, 0.05) is 0 Å². The quantitative estimate of drug-likeness (QED) is 0.909. The van der Waals surface area contributed by atoms with Gasteiger partial charge in [-0.05, 0) is 35.4 Å². The lowest BCUT2D eigenvalue weighted by molar-refractivity contribution is -0.137. The normalized spacial score (nSPS) is 11.7. The third kappa shape index (κ3) is 2.91. The molecule has 0 fully saturated rings. The monoisotopic (exact) mass is 272 g/mol. The molecule has 0 amide bonds. The second kappa shape index (κ2) is 6.10. The highest BCUT2D eigenvalue weighted by Crippen LogP contribution is 2.28. The molecule has 104 valence electrons. The highest BCUT2D eigenvalue weighted by atomic mass is 16.5. The molecule has 0 saturated carbocycles. The SMILES string of the molecule is COc1ccc(C(C(=O)O)c2cccc(OC)c2)cc1. The summed E-state index contributed by atoms with van der Waals surface area (Å²) in [6.45, 7) is 0. The zero-order valence-electron chi connectivity index (χ0n) is 11.4. The summed E-state index contributed by atoms with van der Waals surface area (Å²) in [6.07, 6.45) is 0. The fraction of sp³-hybridized carbons (Fsp3) is 0.188. The highest BCUT2D eigenvalue weighted by molar-refractivity contribution is 5.80. The van der Waals surface area contributed by atoms with Gasteiger partial charge in [-0.3, -0.25) is 4.79 Å². The van der Waals surface area contributed by atoms with Crippen molar-refractivity contribution in [1.82, 2.24) is 0 Å². The van der Waals surface area contributed by atoms with Gasteiger partial charge in [0.2, 0.25) is 0 Å². The average Bonchev–Trinajstić information content (AvgIpc) is 2.48. The minimum absolute atomic E-state index is 0.641. The summed E-state index contributed by atoms with van der Waals surface area (Å²) in [5, 5.41) is 9.50. The number of methoxy groups -OCH3 is 2. The number of aliphatic carboxylic acids is 1. The predicted molar refractivity (Wildman–Crippen MR) is 75.5 cm³/mol. The topological polar surface area (TPSA) is 55.8 Å². The molecule has 2 aromatic rings. The van der Waals surface area contributed by atoms with Crippen LogP contribution in [0.25, 0.3) is 0 Å². The van der Waals surface area contributed by atoms with Gasteiger partial charge in [-0.25, -0.2) is 0 Å². The van der Waals surface area contributed by atoms with Crippen LogP contribution < -0.4 is 9.47 Å². The van der Waals surface area contributed by atoms with Crippen LogP contribution in [0.1, 0.15) is 17.0 Å². The van der Waals surface area contributed by atoms with Crippen molar-refractivity contribution in [3.63, 3.8) is 0 Å². The van der Waals surface area contributed by atoms with Gasteiger partial charge in [-0.15, -0.1) is 0 Å². The van der Waals surface area contributed by atoms with E-state index in [9.17, 15) is 9.90 Å². The van der Waals surface area contributed by atoms with E-state index in [4.69, 9.17) is 9.47 Å². The molecule has 4 nitrogen and oxygen atoms in total. The van der Waals surface area contributed by atoms with Crippen molar-refractivity contribution >= 4 is 5.97 Å². The molecule has 2 aromatic carbocycles. The smallest absolute Gasteiger partial charge is 0.315 e. The first-order chi connectivity index (χ1) is 9.65. The average molecular weight is 272 g/mol. The first-order valence-electron chi connectivity index (χ1n) is 6.16. The summed E-state index contributed by atoms with van der Waals surface area (Å²) < 4.78 is 10.2. The Labute approximate surface area is 117 Å². The number of hydrogen-bond donors (Lipinski definition) is 1. The minimum Gasteiger partial charge on any atom is -0.497 e. The molecule has 1 unspecified atom stereocenters. The first kappa shape index (κ1) is 13.9. The Morgan fingerprint density at radius 3 is 2.15 bits per heavy atom. The molecule has 0 radical (unpaired) electrons. The molecular weight excluding hydrogens is 256 g/mol. The van der Waals surface area contributed by atoms with Gasteiger partial charge in [-0.2, -0.15) is 0 Å². The molecule has 0 aromatic heterocycles. The van der Waals surface area contributed by atoms with Crippen LogP contribution in [0, 0.1) is 0 Å². The molecule has 4 heteroatoms. The number of carboxylic acid groups (broad SMARTS) is 1. The lowest BCUT2D eigenvalue weighted by Gasteiger charge is -2.14. The molecule has 0 heterocycles. The number of hydrogen-bond acceptors (Lipinski definition) is 3. The van der Waals surface area contributed by atoms with E-state index < -0.39 is 11.9 Å². The van der Waals surface area contributed by atoms with Gasteiger partial charge >= 0.3 is 5.97 Å². The van der Waals surface area contributed by atoms with Gasteiger partial charge in [0.05, 0.1) is 14.2 Å². The van der Waals surface area contributed by atoms with E-state index in [2.05, 4.69) is 0 Å². The van der Waals surface area contributed by atoms with Crippen molar-refractivity contribution in [3.8, 4) is 11.5 Å². The molecule has 0 aliphatic rings. The predicted octanol–water partition coefficient (Wildman–Crippen LogP) is 2.92. The number of benzene rings is 2. The van der Waals surface area contributed by atoms with E-state index in [-0.39, 0.29) is 0 Å². The van der Waals surface area contributed by atoms with Gasteiger partial charge in [0.25, 0.3) is 0 Å². The maximum atomic E-state index is 11.6. The Kier molecular flexibility index (Phi) is 4.25. The van der Waals surface area contributed by atoms with Crippen LogP contribution in [0.4, 0.5) is 0 Å². The summed E-state index contributed by atoms with van der Waals surface area (Å²) in [6, 6.07) is 14.1. The van der Waals surface area contributed by atoms with Gasteiger partial charge in [-0.1, -0.05) is 24.3 Å². The standard InChI is InChI=1S/C16H16O4/c1-19-13-8-6-11(7-9-13)15(16(17)18)12-4-3-5-14(10-12)20-2/h3-10,15H,1-2H3,(H,17,18). The Hall–Kier alpha value is -2.49. The first-order valence-corrected chi connectivity index (χ1v) is 6.16. The highest BCUT2D eigenvalue weighted by Gasteiger charge is 2.22. The molecule has 20 heavy (non-hydrogen) atoms. The lowest BCUT2D eigenvalue weighted by Crippen LogP contribution is -2.13. The molecule has 1 atom stereocenters. The Morgan fingerprint density at radius 1 is 0.950 bits per heavy atom. The van der Waals surface area contributed by atoms with Crippen molar-refractivity contribution in [2.24, 2.45) is 0 Å². The molecule has 0 spiro atoms. The molecule has 0 aliphatic carbocycles. The molecule has 0 bridgehead atoms. The van der Waals surface area contributed by atoms with Crippen LogP contribution in [-0.4, -0.2) is 25.3 Å². The molecule has 0 aliphatic heterocycles. The third-order valence-corrected chi connectivity index (χ3v) is 3.12. The van der Waals surface area contributed by atoms with Gasteiger partial charge in [0.1, 0.15) is 17.4 Å². The van der Waals surface area contributed by atoms with E-state index in [1.807, 2.05) is 0 Å². The maximum absolute atomic E-state index is 11.6. The molecule has 0 saturated heterocycles. The van der Waals surface area contributed by atoms with Crippen molar-refractivity contribution in [2.75, 3.05) is 14.2 Å². The molecule has 1 N–H and O–H groups in total. The van der Waals surface area contributed by atoms with Gasteiger partial charge in [0.15, 0.2) is 0 Å². The number of ether oxygens (including phenoxy) is 2. The van der Waals surface area contributed by atoms with E-state index in [1.165, 1.54) is 0 Å². The summed E-state index contributed by atoms with van der Waals surface area (Å²) >= 11 is 0. The molecular formula is C16H16O4. The number of carbonyl (C=O) groups is 1. The van der Waals surface area contributed by atoms with Crippen LogP contribution >= 0.6 is 0 Å². The van der Waals surface area contributed by atoms with Gasteiger partial charge < -0.3 is 14.6 Å². The fourth-order valence-corrected chi connectivity index (χ4v) is 2.10. The van der Waals surface area contributed by atoms with Crippen molar-refractivity contribution in [1.29, 1.82) is 0 Å². The second-order valence-electron chi connectivity index (χ2n) is 4.32. The summed E-state index contributed by atoms with van der Waals surface area (Å²) in [5.41, 5.74) is 1.38. The van der Waals surface area contributed by atoms with E-state index in [1.54, 1.807) is 62.8 Å². The maximum Gasteiger partial charge on any atom is 0.315 e. The van der Waals surface area contributed by atoms with E-state index in [0.29, 0.717) is 22.6 Å². The van der Waals surface area contributed by atoms with Crippen LogP contribution in [0.5, 0.6) is 11.5 Å². The Bertz CT molecular complexity index is 590. The Balaban J connectivity index is 2.41. The summed E-state index contributed by atoms with van der Waals surface area (Å²) in [4.78, 5) is 11.6. The number of rotatable bonds is 5. The van der Waals surface area contributed by atoms with Crippen LogP contribution in [-0.2, 0) is 4.79 Å². The lowest BCUT2D eigenvalue weighted by atomic mass is 9.91. The van der Waals surface area contributed by atoms with Crippen LogP contribution in [0.3, 0.4) is 0 Å². The number of carboxylic acids is 1. The molecule has 2 rings (SSSR count). The zero-order chi connectivity index (χ0) is 14.5. The van der Waals surface area contributed by atoms with E-state index >= 15 is 0 Å². The third-order valence-electron chi connectivity index (χ3n) is 3.12. The summed E-state index contributed by atoms with van der Waals surface area (Å²) in [5.74, 6) is -0.287. The van der Waals surface area contributed by atoms with Crippen molar-refractivity contribution < 1.29 is 19.4 Å². The van der Waals surface area contributed by atoms with Crippen molar-refractivity contribution in [3.05, 3.63) is 59.7 Å². The summed E-state index contributed by atoms with van der Waals surface area (Å²) in [7, 11) is 3.13. The second-order valence-corrected chi connectivity index (χ2v) is 4.32. The van der Waals surface area contributed by atoms with Crippen LogP contribution in [0.15, 0.2) is 48.5 Å². The minimum atomic E-state index is -0.900. The van der Waals surface area contributed by atoms with Crippen LogP contribution in [0.2, 0.25) is 0 Å². The fourth-order valence-electron chi connectivity index (χ4n) is 2.10. The van der Waals surface area contributed by atoms with E-state index in [0.717, 1.165) is 0 Å².